The van der Waals surface area contributed by atoms with Gasteiger partial charge in [-0.2, -0.15) is 0 Å². The highest BCUT2D eigenvalue weighted by molar-refractivity contribution is 7.89. The van der Waals surface area contributed by atoms with Gasteiger partial charge >= 0.3 is 5.97 Å². The number of sulfonamides is 1. The molecule has 8 nitrogen and oxygen atoms in total. The van der Waals surface area contributed by atoms with Gasteiger partial charge in [-0.25, -0.2) is 18.4 Å². The molecular formula is C19H21N3O5S. The minimum atomic E-state index is -3.83. The standard InChI is InChI=1S/C19H21N3O5S/c20-28(25,26)17-9-3-14(4-10-17)19(24)27-13-18(23)21-15-5-7-16(8-6-15)22-11-1-2-12-22/h3-10H,1-2,11-13H2,(H,21,23)(H2,20,25,26). The zero-order valence-corrected chi connectivity index (χ0v) is 15.9. The van der Waals surface area contributed by atoms with Crippen molar-refractivity contribution in [1.29, 1.82) is 0 Å². The minimum absolute atomic E-state index is 0.112. The Morgan fingerprint density at radius 3 is 2.18 bits per heavy atom. The van der Waals surface area contributed by atoms with Crippen LogP contribution in [0.5, 0.6) is 0 Å². The molecule has 148 valence electrons. The van der Waals surface area contributed by atoms with E-state index in [4.69, 9.17) is 9.88 Å². The Morgan fingerprint density at radius 1 is 1.00 bits per heavy atom. The Labute approximate surface area is 163 Å². The maximum Gasteiger partial charge on any atom is 0.338 e. The molecule has 0 spiro atoms. The predicted molar refractivity (Wildman–Crippen MR) is 105 cm³/mol. The van der Waals surface area contributed by atoms with Crippen LogP contribution < -0.4 is 15.4 Å². The van der Waals surface area contributed by atoms with Crippen LogP contribution in [0.1, 0.15) is 23.2 Å². The van der Waals surface area contributed by atoms with E-state index in [-0.39, 0.29) is 10.5 Å². The number of hydrogen-bond donors (Lipinski definition) is 2. The molecule has 3 N–H and O–H groups in total. The van der Waals surface area contributed by atoms with Gasteiger partial charge in [-0.1, -0.05) is 0 Å². The van der Waals surface area contributed by atoms with E-state index in [1.165, 1.54) is 37.1 Å². The average molecular weight is 403 g/mol. The number of nitrogens with two attached hydrogens (primary N) is 1. The van der Waals surface area contributed by atoms with Gasteiger partial charge in [0.2, 0.25) is 10.0 Å². The molecule has 1 aliphatic rings. The summed E-state index contributed by atoms with van der Waals surface area (Å²) in [6.07, 6.45) is 2.38. The van der Waals surface area contributed by atoms with Crippen LogP contribution in [0.3, 0.4) is 0 Å². The van der Waals surface area contributed by atoms with Crippen molar-refractivity contribution in [1.82, 2.24) is 0 Å². The van der Waals surface area contributed by atoms with Gasteiger partial charge in [0, 0.05) is 24.5 Å². The molecule has 0 radical (unpaired) electrons. The molecule has 0 atom stereocenters. The number of benzene rings is 2. The number of nitrogens with zero attached hydrogens (tertiary/aromatic N) is 1. The van der Waals surface area contributed by atoms with E-state index >= 15 is 0 Å². The van der Waals surface area contributed by atoms with Crippen molar-refractivity contribution in [2.45, 2.75) is 17.7 Å². The van der Waals surface area contributed by atoms with Crippen molar-refractivity contribution in [3.8, 4) is 0 Å². The number of amides is 1. The van der Waals surface area contributed by atoms with Crippen molar-refractivity contribution in [2.24, 2.45) is 5.14 Å². The molecule has 1 aliphatic heterocycles. The summed E-state index contributed by atoms with van der Waals surface area (Å²) < 4.78 is 27.4. The number of nitrogens with one attached hydrogen (secondary N) is 1. The van der Waals surface area contributed by atoms with E-state index in [0.717, 1.165) is 18.8 Å². The Bertz CT molecular complexity index is 950. The first-order chi connectivity index (χ1) is 13.3. The third-order valence-corrected chi connectivity index (χ3v) is 5.30. The minimum Gasteiger partial charge on any atom is -0.452 e. The number of ether oxygens (including phenoxy) is 1. The monoisotopic (exact) mass is 403 g/mol. The van der Waals surface area contributed by atoms with E-state index in [2.05, 4.69) is 10.2 Å². The van der Waals surface area contributed by atoms with Crippen LogP contribution in [0.4, 0.5) is 11.4 Å². The van der Waals surface area contributed by atoms with Gasteiger partial charge in [0.25, 0.3) is 5.91 Å². The fraction of sp³-hybridized carbons (Fsp3) is 0.263. The fourth-order valence-corrected chi connectivity index (χ4v) is 3.44. The topological polar surface area (TPSA) is 119 Å². The SMILES string of the molecule is NS(=O)(=O)c1ccc(C(=O)OCC(=O)Nc2ccc(N3CCCC3)cc2)cc1. The summed E-state index contributed by atoms with van der Waals surface area (Å²) in [6.45, 7) is 1.63. The summed E-state index contributed by atoms with van der Waals surface area (Å²) in [5, 5.41) is 7.66. The van der Waals surface area contributed by atoms with Crippen molar-refractivity contribution < 1.29 is 22.7 Å². The van der Waals surface area contributed by atoms with Crippen LogP contribution in [0.2, 0.25) is 0 Å². The second-order valence-electron chi connectivity index (χ2n) is 6.43. The van der Waals surface area contributed by atoms with Gasteiger partial charge in [0.1, 0.15) is 0 Å². The lowest BCUT2D eigenvalue weighted by molar-refractivity contribution is -0.119. The summed E-state index contributed by atoms with van der Waals surface area (Å²) in [5.41, 5.74) is 1.85. The molecule has 3 rings (SSSR count). The number of carbonyl (C=O) groups is 2. The zero-order chi connectivity index (χ0) is 20.1. The Balaban J connectivity index is 1.50. The summed E-state index contributed by atoms with van der Waals surface area (Å²) in [6, 6.07) is 12.5. The van der Waals surface area contributed by atoms with Crippen molar-refractivity contribution >= 4 is 33.3 Å². The third-order valence-electron chi connectivity index (χ3n) is 4.38. The smallest absolute Gasteiger partial charge is 0.338 e. The molecule has 1 heterocycles. The first-order valence-electron chi connectivity index (χ1n) is 8.78. The zero-order valence-electron chi connectivity index (χ0n) is 15.1. The van der Waals surface area contributed by atoms with Crippen LogP contribution in [-0.4, -0.2) is 40.0 Å². The van der Waals surface area contributed by atoms with Crippen LogP contribution in [0.25, 0.3) is 0 Å². The second-order valence-corrected chi connectivity index (χ2v) is 8.00. The third kappa shape index (κ3) is 5.08. The predicted octanol–water partition coefficient (Wildman–Crippen LogP) is 1.73. The molecular weight excluding hydrogens is 382 g/mol. The van der Waals surface area contributed by atoms with Gasteiger partial charge in [0.15, 0.2) is 6.61 Å². The first-order valence-corrected chi connectivity index (χ1v) is 10.3. The van der Waals surface area contributed by atoms with E-state index in [9.17, 15) is 18.0 Å². The van der Waals surface area contributed by atoms with Gasteiger partial charge in [-0.05, 0) is 61.4 Å². The number of rotatable bonds is 6. The summed E-state index contributed by atoms with van der Waals surface area (Å²) in [7, 11) is -3.83. The van der Waals surface area contributed by atoms with E-state index in [0.29, 0.717) is 5.69 Å². The second kappa shape index (κ2) is 8.41. The Morgan fingerprint density at radius 2 is 1.61 bits per heavy atom. The molecule has 2 aromatic rings. The molecule has 1 amide bonds. The highest BCUT2D eigenvalue weighted by Gasteiger charge is 2.14. The van der Waals surface area contributed by atoms with E-state index in [1.54, 1.807) is 12.1 Å². The molecule has 2 aromatic carbocycles. The van der Waals surface area contributed by atoms with Gasteiger partial charge in [-0.3, -0.25) is 4.79 Å². The van der Waals surface area contributed by atoms with E-state index in [1.807, 2.05) is 12.1 Å². The number of hydrogen-bond acceptors (Lipinski definition) is 6. The summed E-state index contributed by atoms with van der Waals surface area (Å²) >= 11 is 0. The van der Waals surface area contributed by atoms with Gasteiger partial charge < -0.3 is 15.0 Å². The summed E-state index contributed by atoms with van der Waals surface area (Å²) in [4.78, 5) is 26.1. The van der Waals surface area contributed by atoms with Gasteiger partial charge in [-0.15, -0.1) is 0 Å². The van der Waals surface area contributed by atoms with Crippen molar-refractivity contribution in [3.63, 3.8) is 0 Å². The molecule has 9 heteroatoms. The maximum absolute atomic E-state index is 12.0. The maximum atomic E-state index is 12.0. The Hall–Kier alpha value is -2.91. The van der Waals surface area contributed by atoms with Crippen molar-refractivity contribution in [3.05, 3.63) is 54.1 Å². The molecule has 0 aliphatic carbocycles. The van der Waals surface area contributed by atoms with Crippen LogP contribution in [-0.2, 0) is 19.6 Å². The molecule has 28 heavy (non-hydrogen) atoms. The van der Waals surface area contributed by atoms with Crippen LogP contribution in [0.15, 0.2) is 53.4 Å². The van der Waals surface area contributed by atoms with Crippen molar-refractivity contribution in [2.75, 3.05) is 29.9 Å². The lowest BCUT2D eigenvalue weighted by atomic mass is 10.2. The lowest BCUT2D eigenvalue weighted by Gasteiger charge is -2.17. The number of carbonyl (C=O) groups excluding carboxylic acids is 2. The van der Waals surface area contributed by atoms with Crippen LogP contribution >= 0.6 is 0 Å². The normalized spacial score (nSPS) is 14.0. The molecule has 0 aromatic heterocycles. The summed E-state index contributed by atoms with van der Waals surface area (Å²) in [5.74, 6) is -1.20. The highest BCUT2D eigenvalue weighted by Crippen LogP contribution is 2.22. The quantitative estimate of drug-likeness (QED) is 0.709. The molecule has 1 fully saturated rings. The largest absolute Gasteiger partial charge is 0.452 e. The highest BCUT2D eigenvalue weighted by atomic mass is 32.2. The first kappa shape index (κ1) is 19.8. The number of primary sulfonamides is 1. The van der Waals surface area contributed by atoms with Gasteiger partial charge in [0.05, 0.1) is 10.5 Å². The lowest BCUT2D eigenvalue weighted by Crippen LogP contribution is -2.21. The molecule has 0 bridgehead atoms. The van der Waals surface area contributed by atoms with E-state index < -0.39 is 28.5 Å². The Kier molecular flexibility index (Phi) is 5.96. The number of esters is 1. The molecule has 0 unspecified atom stereocenters. The average Bonchev–Trinajstić information content (AvgIpc) is 3.21. The molecule has 0 saturated carbocycles. The fourth-order valence-electron chi connectivity index (χ4n) is 2.92. The van der Waals surface area contributed by atoms with Crippen LogP contribution in [0, 0.1) is 0 Å². The number of anilines is 2. The molecule has 1 saturated heterocycles.